The van der Waals surface area contributed by atoms with Gasteiger partial charge in [-0.3, -0.25) is 4.79 Å². The van der Waals surface area contributed by atoms with Crippen molar-refractivity contribution >= 4 is 11.5 Å². The van der Waals surface area contributed by atoms with Crippen molar-refractivity contribution < 1.29 is 75.8 Å². The van der Waals surface area contributed by atoms with E-state index in [-0.39, 0.29) is 0 Å². The molecular weight excluding hydrogens is 499 g/mol. The van der Waals surface area contributed by atoms with Gasteiger partial charge in [-0.05, 0) is 6.08 Å². The topological polar surface area (TPSA) is 53.0 Å². The fourth-order valence-corrected chi connectivity index (χ4v) is 2.52. The molecule has 1 aliphatic rings. The second-order valence-electron chi connectivity index (χ2n) is 6.10. The van der Waals surface area contributed by atoms with E-state index in [0.717, 1.165) is 0 Å². The van der Waals surface area contributed by atoms with E-state index in [9.17, 15) is 75.8 Å². The van der Waals surface area contributed by atoms with Gasteiger partial charge in [0.25, 0.3) is 11.9 Å². The first kappa shape index (κ1) is 25.6. The van der Waals surface area contributed by atoms with Crippen LogP contribution in [0, 0.1) is 23.5 Å². The van der Waals surface area contributed by atoms with Crippen LogP contribution in [0.2, 0.25) is 0 Å². The minimum absolute atomic E-state index is 1.67. The number of aromatic nitrogens is 1. The third-order valence-corrected chi connectivity index (χ3v) is 4.29. The summed E-state index contributed by atoms with van der Waals surface area (Å²) in [4.78, 5) is 13.4. The molecule has 0 aliphatic heterocycles. The first-order valence-electron chi connectivity index (χ1n) is 7.27. The molecule has 0 radical (unpaired) electrons. The van der Waals surface area contributed by atoms with Crippen LogP contribution in [0.5, 0.6) is 0 Å². The van der Waals surface area contributed by atoms with E-state index in [1.54, 1.807) is 0 Å². The van der Waals surface area contributed by atoms with E-state index in [1.165, 1.54) is 0 Å². The lowest BCUT2D eigenvalue weighted by atomic mass is 9.70. The van der Waals surface area contributed by atoms with Gasteiger partial charge in [0.05, 0.1) is 0 Å². The monoisotopic (exact) mass is 500 g/mol. The lowest BCUT2D eigenvalue weighted by Gasteiger charge is -2.51. The Morgan fingerprint density at radius 3 is 1.31 bits per heavy atom. The molecule has 3 nitrogen and oxygen atoms in total. The van der Waals surface area contributed by atoms with Crippen molar-refractivity contribution in [2.24, 2.45) is 0 Å². The zero-order chi connectivity index (χ0) is 25.5. The van der Waals surface area contributed by atoms with Crippen LogP contribution in [0.1, 0.15) is 5.56 Å². The summed E-state index contributed by atoms with van der Waals surface area (Å²) in [5.74, 6) is -56.5. The fourth-order valence-electron chi connectivity index (χ4n) is 2.52. The Morgan fingerprint density at radius 1 is 0.656 bits per heavy atom. The van der Waals surface area contributed by atoms with E-state index in [1.807, 2.05) is 4.98 Å². The van der Waals surface area contributed by atoms with Crippen LogP contribution in [0.3, 0.4) is 0 Å². The molecule has 0 atom stereocenters. The summed E-state index contributed by atoms with van der Waals surface area (Å²) in [5.41, 5.74) is -9.96. The van der Waals surface area contributed by atoms with Gasteiger partial charge in [-0.1, -0.05) is 5.76 Å². The molecule has 1 saturated carbocycles. The summed E-state index contributed by atoms with van der Waals surface area (Å²) in [6.45, 7) is 0. The molecule has 1 aliphatic carbocycles. The van der Waals surface area contributed by atoms with Gasteiger partial charge in [0, 0.05) is 5.56 Å². The van der Waals surface area contributed by atoms with Crippen molar-refractivity contribution in [3.05, 3.63) is 35.2 Å². The van der Waals surface area contributed by atoms with Crippen molar-refractivity contribution in [1.82, 2.24) is 4.98 Å². The molecule has 0 aromatic carbocycles. The predicted octanol–water partition coefficient (Wildman–Crippen LogP) is 3.81. The molecule has 0 saturated heterocycles. The molecule has 32 heavy (non-hydrogen) atoms. The lowest BCUT2D eigenvalue weighted by molar-refractivity contribution is -0.475. The summed E-state index contributed by atoms with van der Waals surface area (Å²) in [5, 5.41) is 11.6. The zero-order valence-electron chi connectivity index (χ0n) is 14.0. The average molecular weight is 500 g/mol. The molecular formula is C14HF15NO2-. The van der Waals surface area contributed by atoms with E-state index in [4.69, 9.17) is 0 Å². The Morgan fingerprint density at radius 2 is 0.969 bits per heavy atom. The molecule has 1 aromatic rings. The smallest absolute Gasteiger partial charge is 0.384 e. The maximum atomic E-state index is 14.4. The Bertz CT molecular complexity index is 960. The Kier molecular flexibility index (Phi) is 5.32. The number of halogens is 15. The van der Waals surface area contributed by atoms with Gasteiger partial charge >= 0.3 is 35.3 Å². The van der Waals surface area contributed by atoms with Gasteiger partial charge in [0.1, 0.15) is 0 Å². The van der Waals surface area contributed by atoms with E-state index < -0.39 is 82.0 Å². The summed E-state index contributed by atoms with van der Waals surface area (Å²) in [6.07, 6.45) is -1.67. The highest BCUT2D eigenvalue weighted by Crippen LogP contribution is 2.69. The number of allylic oxidation sites excluding steroid dienone is 1. The highest BCUT2D eigenvalue weighted by Gasteiger charge is 3.02. The number of ketones is 1. The van der Waals surface area contributed by atoms with Crippen molar-refractivity contribution in [2.45, 2.75) is 35.3 Å². The lowest BCUT2D eigenvalue weighted by Crippen LogP contribution is -2.85. The van der Waals surface area contributed by atoms with Crippen LogP contribution >= 0.6 is 0 Å². The molecule has 1 heterocycles. The number of carbonyl (C=O) groups excluding carboxylic acids is 1. The van der Waals surface area contributed by atoms with Gasteiger partial charge in [-0.2, -0.15) is 57.7 Å². The van der Waals surface area contributed by atoms with Gasteiger partial charge in [0.2, 0.25) is 5.78 Å². The molecule has 1 fully saturated rings. The number of alkyl halides is 11. The predicted molar refractivity (Wildman–Crippen MR) is 65.6 cm³/mol. The SMILES string of the molecule is O=C(/C=C(\[O-])c1c(F)c(F)nc(F)c1F)C1(F)C(F)(F)C(F)(F)C(F)(F)C(F)(F)C1(F)F. The quantitative estimate of drug-likeness (QED) is 0.275. The third-order valence-electron chi connectivity index (χ3n) is 4.29. The highest BCUT2D eigenvalue weighted by molar-refractivity contribution is 6.03. The van der Waals surface area contributed by atoms with E-state index in [0.29, 0.717) is 0 Å². The number of nitrogens with zero attached hydrogens (tertiary/aromatic N) is 1. The zero-order valence-corrected chi connectivity index (χ0v) is 14.0. The summed E-state index contributed by atoms with van der Waals surface area (Å²) in [6, 6.07) is 0. The molecule has 0 N–H and O–H groups in total. The highest BCUT2D eigenvalue weighted by atomic mass is 19.4. The molecule has 0 spiro atoms. The fraction of sp³-hybridized carbons (Fsp3) is 0.429. The maximum absolute atomic E-state index is 14.4. The first-order valence-corrected chi connectivity index (χ1v) is 7.27. The molecule has 1 aromatic heterocycles. The Hall–Kier alpha value is -2.69. The molecule has 180 valence electrons. The van der Waals surface area contributed by atoms with Crippen molar-refractivity contribution in [3.8, 4) is 0 Å². The van der Waals surface area contributed by atoms with Crippen molar-refractivity contribution in [3.63, 3.8) is 0 Å². The van der Waals surface area contributed by atoms with Gasteiger partial charge in [-0.15, -0.1) is 0 Å². The van der Waals surface area contributed by atoms with Crippen molar-refractivity contribution in [2.75, 3.05) is 0 Å². The molecule has 0 bridgehead atoms. The van der Waals surface area contributed by atoms with Gasteiger partial charge in [-0.25, -0.2) is 13.2 Å². The minimum Gasteiger partial charge on any atom is -0.872 e. The number of pyridine rings is 1. The van der Waals surface area contributed by atoms with Crippen LogP contribution in [-0.2, 0) is 4.79 Å². The summed E-state index contributed by atoms with van der Waals surface area (Å²) < 4.78 is 201. The Balaban J connectivity index is 2.82. The van der Waals surface area contributed by atoms with Crippen LogP contribution in [0.4, 0.5) is 65.9 Å². The second kappa shape index (κ2) is 6.66. The number of rotatable bonds is 3. The second-order valence-corrected chi connectivity index (χ2v) is 6.10. The molecule has 0 unspecified atom stereocenters. The van der Waals surface area contributed by atoms with Gasteiger partial charge < -0.3 is 5.11 Å². The van der Waals surface area contributed by atoms with Crippen molar-refractivity contribution in [1.29, 1.82) is 0 Å². The third kappa shape index (κ3) is 2.60. The van der Waals surface area contributed by atoms with Crippen LogP contribution < -0.4 is 5.11 Å². The average Bonchev–Trinajstić information content (AvgIpc) is 2.64. The Labute approximate surface area is 164 Å². The number of carbonyl (C=O) groups is 1. The molecule has 2 rings (SSSR count). The van der Waals surface area contributed by atoms with Crippen LogP contribution in [0.15, 0.2) is 6.08 Å². The maximum Gasteiger partial charge on any atom is 0.384 e. The first-order chi connectivity index (χ1) is 14.1. The normalized spacial score (nSPS) is 24.8. The largest absolute Gasteiger partial charge is 0.872 e. The van der Waals surface area contributed by atoms with E-state index >= 15 is 0 Å². The summed E-state index contributed by atoms with van der Waals surface area (Å²) in [7, 11) is 0. The minimum atomic E-state index is -7.70. The van der Waals surface area contributed by atoms with E-state index in [2.05, 4.69) is 0 Å². The standard InChI is InChI=1S/C14H2F15NO2/c15-5-4(6(16)8(18)30-7(5)17)2(31)1-3(32)9(19)10(20,21)12(24,25)14(28,29)13(26,27)11(9,22)23/h1,31H/p-1/b2-1-. The molecule has 0 amide bonds. The molecule has 18 heteroatoms. The van der Waals surface area contributed by atoms with Crippen LogP contribution in [-0.4, -0.2) is 46.0 Å². The number of hydrogen-bond acceptors (Lipinski definition) is 3. The summed E-state index contributed by atoms with van der Waals surface area (Å²) >= 11 is 0. The van der Waals surface area contributed by atoms with Gasteiger partial charge in [0.15, 0.2) is 11.6 Å². The number of hydrogen-bond donors (Lipinski definition) is 0. The van der Waals surface area contributed by atoms with Crippen LogP contribution in [0.25, 0.3) is 5.76 Å².